The molecular weight excluding hydrogens is 923 g/mol. The van der Waals surface area contributed by atoms with Crippen molar-refractivity contribution in [2.24, 2.45) is 0 Å². The number of para-hydroxylation sites is 2. The summed E-state index contributed by atoms with van der Waals surface area (Å²) in [4.78, 5) is 2.36. The molecule has 0 atom stereocenters. The van der Waals surface area contributed by atoms with Crippen LogP contribution in [-0.4, -0.2) is 0 Å². The lowest BCUT2D eigenvalue weighted by Gasteiger charge is -2.33. The van der Waals surface area contributed by atoms with Crippen molar-refractivity contribution in [2.75, 3.05) is 4.90 Å². The lowest BCUT2D eigenvalue weighted by Crippen LogP contribution is -2.28. The van der Waals surface area contributed by atoms with Crippen LogP contribution in [0.5, 0.6) is 0 Å². The highest BCUT2D eigenvalue weighted by Gasteiger charge is 2.46. The number of benzene rings is 12. The summed E-state index contributed by atoms with van der Waals surface area (Å²) in [5.41, 5.74) is 23.2. The summed E-state index contributed by atoms with van der Waals surface area (Å²) in [7, 11) is 0. The van der Waals surface area contributed by atoms with Crippen LogP contribution in [0.25, 0.3) is 99.5 Å². The van der Waals surface area contributed by atoms with E-state index in [1.807, 2.05) is 24.3 Å². The van der Waals surface area contributed by atoms with Gasteiger partial charge in [0.2, 0.25) is 0 Å². The molecule has 0 amide bonds. The Morgan fingerprint density at radius 1 is 0.250 bits per heavy atom. The third kappa shape index (κ3) is 6.90. The van der Waals surface area contributed by atoms with Gasteiger partial charge in [-0.1, -0.05) is 218 Å². The van der Waals surface area contributed by atoms with Crippen LogP contribution < -0.4 is 4.90 Å². The normalized spacial score (nSPS) is 12.6. The molecule has 0 N–H and O–H groups in total. The first-order valence-electron chi connectivity index (χ1n) is 26.1. The molecule has 0 saturated carbocycles. The molecule has 1 aliphatic rings. The van der Waals surface area contributed by atoms with Gasteiger partial charge in [0.1, 0.15) is 22.3 Å². The van der Waals surface area contributed by atoms with Crippen LogP contribution in [-0.2, 0) is 5.41 Å². The number of nitrogens with zero attached hydrogens (tertiary/aromatic N) is 1. The first-order chi connectivity index (χ1) is 37.7. The largest absolute Gasteiger partial charge is 0.456 e. The number of hydrogen-bond acceptors (Lipinski definition) is 3. The predicted octanol–water partition coefficient (Wildman–Crippen LogP) is 20.0. The van der Waals surface area contributed by atoms with Crippen LogP contribution in [0.2, 0.25) is 0 Å². The van der Waals surface area contributed by atoms with Gasteiger partial charge in [-0.2, -0.15) is 0 Å². The van der Waals surface area contributed by atoms with Crippen molar-refractivity contribution in [1.29, 1.82) is 0 Å². The molecular formula is C73H47NO2. The first-order valence-corrected chi connectivity index (χ1v) is 26.1. The van der Waals surface area contributed by atoms with Gasteiger partial charge in [0.05, 0.1) is 5.41 Å². The second-order valence-corrected chi connectivity index (χ2v) is 19.9. The zero-order valence-corrected chi connectivity index (χ0v) is 41.4. The average Bonchev–Trinajstić information content (AvgIpc) is 4.21. The third-order valence-electron chi connectivity index (χ3n) is 15.8. The second-order valence-electron chi connectivity index (χ2n) is 19.9. The highest BCUT2D eigenvalue weighted by atomic mass is 16.3. The Morgan fingerprint density at radius 3 is 1.24 bits per heavy atom. The van der Waals surface area contributed by atoms with Gasteiger partial charge in [0, 0.05) is 38.6 Å². The van der Waals surface area contributed by atoms with Crippen LogP contribution in [0.4, 0.5) is 17.1 Å². The van der Waals surface area contributed by atoms with Crippen LogP contribution in [0, 0.1) is 0 Å². The fourth-order valence-corrected chi connectivity index (χ4v) is 12.4. The van der Waals surface area contributed by atoms with Gasteiger partial charge in [0.15, 0.2) is 0 Å². The molecule has 3 nitrogen and oxygen atoms in total. The second kappa shape index (κ2) is 17.6. The summed E-state index contributed by atoms with van der Waals surface area (Å²) in [6.07, 6.45) is 0. The summed E-state index contributed by atoms with van der Waals surface area (Å²) in [5, 5.41) is 4.50. The van der Waals surface area contributed by atoms with E-state index in [-0.39, 0.29) is 0 Å². The molecule has 15 rings (SSSR count). The maximum absolute atomic E-state index is 6.30. The van der Waals surface area contributed by atoms with Crippen molar-refractivity contribution in [3.8, 4) is 55.6 Å². The molecule has 0 saturated heterocycles. The van der Waals surface area contributed by atoms with Gasteiger partial charge in [-0.25, -0.2) is 0 Å². The zero-order valence-electron chi connectivity index (χ0n) is 41.4. The van der Waals surface area contributed by atoms with Crippen LogP contribution in [0.15, 0.2) is 294 Å². The van der Waals surface area contributed by atoms with E-state index >= 15 is 0 Å². The fourth-order valence-electron chi connectivity index (χ4n) is 12.4. The quantitative estimate of drug-likeness (QED) is 0.144. The first kappa shape index (κ1) is 43.6. The lowest BCUT2D eigenvalue weighted by atomic mass is 9.67. The maximum Gasteiger partial charge on any atom is 0.136 e. The van der Waals surface area contributed by atoms with Gasteiger partial charge < -0.3 is 13.7 Å². The van der Waals surface area contributed by atoms with E-state index in [0.717, 1.165) is 94.3 Å². The Labute approximate surface area is 440 Å². The molecule has 0 aliphatic heterocycles. The van der Waals surface area contributed by atoms with Gasteiger partial charge in [-0.15, -0.1) is 0 Å². The van der Waals surface area contributed by atoms with Crippen molar-refractivity contribution in [3.05, 3.63) is 307 Å². The summed E-state index contributed by atoms with van der Waals surface area (Å²) in [6.45, 7) is 0. The lowest BCUT2D eigenvalue weighted by molar-refractivity contribution is 0.668. The minimum atomic E-state index is -0.422. The zero-order chi connectivity index (χ0) is 50.2. The molecule has 0 spiro atoms. The Kier molecular flexibility index (Phi) is 10.1. The Balaban J connectivity index is 0.802. The minimum Gasteiger partial charge on any atom is -0.456 e. The van der Waals surface area contributed by atoms with Gasteiger partial charge >= 0.3 is 0 Å². The van der Waals surface area contributed by atoms with E-state index in [1.54, 1.807) is 0 Å². The third-order valence-corrected chi connectivity index (χ3v) is 15.8. The standard InChI is InChI=1S/C73H47NO2/c1-3-17-54(18-4-1)73(55-19-5-2-6-20-55)65-27-10-7-22-61(65)64-47-53(40-45-66(64)73)49-34-32-48(33-35-49)52-16-13-21-58(46-52)74(56-41-36-50(37-42-56)59-25-14-30-69-71(59)62-23-8-11-28-67(62)75-69)57-43-38-51(39-44-57)60-26-15-31-70-72(60)63-24-9-12-29-68(63)76-70/h1-47H. The Morgan fingerprint density at radius 2 is 0.671 bits per heavy atom. The van der Waals surface area contributed by atoms with Crippen LogP contribution >= 0.6 is 0 Å². The minimum absolute atomic E-state index is 0.422. The fraction of sp³-hybridized carbons (Fsp3) is 0.0137. The van der Waals surface area contributed by atoms with Crippen molar-refractivity contribution in [1.82, 2.24) is 0 Å². The maximum atomic E-state index is 6.30. The molecule has 3 heteroatoms. The number of anilines is 3. The van der Waals surface area contributed by atoms with Crippen molar-refractivity contribution in [3.63, 3.8) is 0 Å². The monoisotopic (exact) mass is 969 g/mol. The summed E-state index contributed by atoms with van der Waals surface area (Å²) in [5.74, 6) is 0. The van der Waals surface area contributed by atoms with Crippen LogP contribution in [0.1, 0.15) is 22.3 Å². The van der Waals surface area contributed by atoms with E-state index in [1.165, 1.54) is 44.5 Å². The number of furan rings is 2. The number of rotatable bonds is 9. The summed E-state index contributed by atoms with van der Waals surface area (Å²) in [6, 6.07) is 103. The van der Waals surface area contributed by atoms with Crippen molar-refractivity contribution >= 4 is 60.9 Å². The molecule has 76 heavy (non-hydrogen) atoms. The average molecular weight is 970 g/mol. The van der Waals surface area contributed by atoms with E-state index < -0.39 is 5.41 Å². The molecule has 2 aromatic heterocycles. The Hall–Kier alpha value is -9.96. The molecule has 0 bridgehead atoms. The molecule has 12 aromatic carbocycles. The summed E-state index contributed by atoms with van der Waals surface area (Å²) < 4.78 is 12.6. The molecule has 0 unspecified atom stereocenters. The van der Waals surface area contributed by atoms with Gasteiger partial charge in [-0.3, -0.25) is 0 Å². The van der Waals surface area contributed by atoms with Gasteiger partial charge in [-0.05, 0) is 145 Å². The molecule has 356 valence electrons. The van der Waals surface area contributed by atoms with E-state index in [2.05, 4.69) is 266 Å². The highest BCUT2D eigenvalue weighted by molar-refractivity contribution is 6.13. The molecule has 14 aromatic rings. The predicted molar refractivity (Wildman–Crippen MR) is 315 cm³/mol. The smallest absolute Gasteiger partial charge is 0.136 e. The molecule has 0 fully saturated rings. The molecule has 0 radical (unpaired) electrons. The number of hydrogen-bond donors (Lipinski definition) is 0. The summed E-state index contributed by atoms with van der Waals surface area (Å²) >= 11 is 0. The van der Waals surface area contributed by atoms with E-state index in [4.69, 9.17) is 8.83 Å². The van der Waals surface area contributed by atoms with Crippen molar-refractivity contribution in [2.45, 2.75) is 5.41 Å². The van der Waals surface area contributed by atoms with Gasteiger partial charge in [0.25, 0.3) is 0 Å². The number of fused-ring (bicyclic) bond motifs is 9. The van der Waals surface area contributed by atoms with E-state index in [9.17, 15) is 0 Å². The highest BCUT2D eigenvalue weighted by Crippen LogP contribution is 2.57. The SMILES string of the molecule is c1ccc(C2(c3ccccc3)c3ccccc3-c3cc(-c4ccc(-c5cccc(N(c6ccc(-c7cccc8oc9ccccc9c78)cc6)c6ccc(-c7cccc8oc9ccccc9c78)cc6)c5)cc4)ccc32)cc1. The Bertz CT molecular complexity index is 4290. The van der Waals surface area contributed by atoms with E-state index in [0.29, 0.717) is 0 Å². The molecule has 2 heterocycles. The topological polar surface area (TPSA) is 29.5 Å². The molecule has 1 aliphatic carbocycles. The van der Waals surface area contributed by atoms with Crippen LogP contribution in [0.3, 0.4) is 0 Å². The van der Waals surface area contributed by atoms with Crippen molar-refractivity contribution < 1.29 is 8.83 Å².